The van der Waals surface area contributed by atoms with E-state index in [9.17, 15) is 0 Å². The summed E-state index contributed by atoms with van der Waals surface area (Å²) in [6.45, 7) is 4.84. The van der Waals surface area contributed by atoms with Gasteiger partial charge in [0, 0.05) is 13.2 Å². The van der Waals surface area contributed by atoms with Crippen LogP contribution >= 0.6 is 0 Å². The standard InChI is InChI=1S/C14H20NO/c1-2-12-6-3-4-7-13(12)10-15-14-8-5-9-16-11-14/h3-4,6-7,15H,2,5,8-11H2,1H3. The fourth-order valence-corrected chi connectivity index (χ4v) is 2.09. The first kappa shape index (κ1) is 11.6. The van der Waals surface area contributed by atoms with Gasteiger partial charge in [0.05, 0.1) is 12.6 Å². The van der Waals surface area contributed by atoms with Crippen LogP contribution in [0.3, 0.4) is 0 Å². The summed E-state index contributed by atoms with van der Waals surface area (Å²) in [6, 6.07) is 9.98. The highest BCUT2D eigenvalue weighted by atomic mass is 16.5. The highest BCUT2D eigenvalue weighted by molar-refractivity contribution is 5.27. The van der Waals surface area contributed by atoms with Gasteiger partial charge in [0.1, 0.15) is 0 Å². The lowest BCUT2D eigenvalue weighted by Crippen LogP contribution is -2.29. The maximum absolute atomic E-state index is 5.43. The predicted molar refractivity (Wildman–Crippen MR) is 66.0 cm³/mol. The molecule has 1 fully saturated rings. The molecule has 0 aliphatic carbocycles. The van der Waals surface area contributed by atoms with Gasteiger partial charge in [0.2, 0.25) is 0 Å². The lowest BCUT2D eigenvalue weighted by molar-refractivity contribution is 0.103. The van der Waals surface area contributed by atoms with Gasteiger partial charge < -0.3 is 10.1 Å². The van der Waals surface area contributed by atoms with Crippen LogP contribution < -0.4 is 5.32 Å². The lowest BCUT2D eigenvalue weighted by atomic mass is 10.0. The van der Waals surface area contributed by atoms with Crippen molar-refractivity contribution in [1.29, 1.82) is 0 Å². The van der Waals surface area contributed by atoms with Crippen molar-refractivity contribution in [3.05, 3.63) is 41.4 Å². The largest absolute Gasteiger partial charge is 0.379 e. The average Bonchev–Trinajstić information content (AvgIpc) is 2.38. The molecule has 0 amide bonds. The third kappa shape index (κ3) is 3.06. The summed E-state index contributed by atoms with van der Waals surface area (Å²) < 4.78 is 5.43. The maximum Gasteiger partial charge on any atom is 0.0667 e. The van der Waals surface area contributed by atoms with Crippen molar-refractivity contribution >= 4 is 0 Å². The SMILES string of the molecule is CCc1ccccc1CN[C]1CCCOC1. The molecule has 1 aliphatic rings. The number of nitrogens with one attached hydrogen (secondary N) is 1. The average molecular weight is 218 g/mol. The van der Waals surface area contributed by atoms with E-state index >= 15 is 0 Å². The molecule has 0 saturated carbocycles. The monoisotopic (exact) mass is 218 g/mol. The van der Waals surface area contributed by atoms with E-state index in [0.29, 0.717) is 0 Å². The van der Waals surface area contributed by atoms with Gasteiger partial charge in [-0.2, -0.15) is 0 Å². The molecule has 1 aromatic rings. The van der Waals surface area contributed by atoms with Crippen LogP contribution in [-0.4, -0.2) is 13.2 Å². The van der Waals surface area contributed by atoms with Crippen LogP contribution in [0.15, 0.2) is 24.3 Å². The smallest absolute Gasteiger partial charge is 0.0667 e. The van der Waals surface area contributed by atoms with Gasteiger partial charge in [-0.3, -0.25) is 0 Å². The summed E-state index contributed by atoms with van der Waals surface area (Å²) in [7, 11) is 0. The fraction of sp³-hybridized carbons (Fsp3) is 0.500. The van der Waals surface area contributed by atoms with Gasteiger partial charge in [-0.15, -0.1) is 0 Å². The molecule has 0 atom stereocenters. The Labute approximate surface area is 98.0 Å². The summed E-state index contributed by atoms with van der Waals surface area (Å²) in [5.74, 6) is 0. The van der Waals surface area contributed by atoms with Gasteiger partial charge in [0.25, 0.3) is 0 Å². The minimum atomic E-state index is 0.786. The highest BCUT2D eigenvalue weighted by Crippen LogP contribution is 2.15. The van der Waals surface area contributed by atoms with Crippen molar-refractivity contribution in [2.24, 2.45) is 0 Å². The number of rotatable bonds is 4. The third-order valence-electron chi connectivity index (χ3n) is 3.07. The van der Waals surface area contributed by atoms with Gasteiger partial charge >= 0.3 is 0 Å². The summed E-state index contributed by atoms with van der Waals surface area (Å²) in [5, 5.41) is 3.50. The number of hydrogen-bond acceptors (Lipinski definition) is 2. The molecule has 0 aromatic heterocycles. The van der Waals surface area contributed by atoms with E-state index in [-0.39, 0.29) is 0 Å². The van der Waals surface area contributed by atoms with Crippen LogP contribution in [-0.2, 0) is 17.7 Å². The van der Waals surface area contributed by atoms with Crippen LogP contribution in [0, 0.1) is 6.04 Å². The van der Waals surface area contributed by atoms with E-state index in [1.54, 1.807) is 0 Å². The first-order chi connectivity index (χ1) is 7.90. The Morgan fingerprint density at radius 1 is 1.25 bits per heavy atom. The van der Waals surface area contributed by atoms with Gasteiger partial charge in [0.15, 0.2) is 0 Å². The molecule has 2 nitrogen and oxygen atoms in total. The Bertz CT molecular complexity index is 318. The molecule has 87 valence electrons. The van der Waals surface area contributed by atoms with E-state index in [1.165, 1.54) is 17.2 Å². The minimum Gasteiger partial charge on any atom is -0.379 e. The van der Waals surface area contributed by atoms with Gasteiger partial charge in [-0.25, -0.2) is 0 Å². The zero-order valence-electron chi connectivity index (χ0n) is 9.96. The second-order valence-electron chi connectivity index (χ2n) is 4.24. The number of benzene rings is 1. The molecule has 1 aliphatic heterocycles. The molecule has 0 bridgehead atoms. The van der Waals surface area contributed by atoms with Gasteiger partial charge in [-0.1, -0.05) is 31.2 Å². The van der Waals surface area contributed by atoms with Crippen molar-refractivity contribution < 1.29 is 4.74 Å². The van der Waals surface area contributed by atoms with E-state index in [0.717, 1.165) is 39.0 Å². The molecule has 1 saturated heterocycles. The highest BCUT2D eigenvalue weighted by Gasteiger charge is 2.14. The molecule has 2 rings (SSSR count). The van der Waals surface area contributed by atoms with Crippen molar-refractivity contribution in [2.75, 3.05) is 13.2 Å². The van der Waals surface area contributed by atoms with Crippen molar-refractivity contribution in [2.45, 2.75) is 32.7 Å². The Hall–Kier alpha value is -0.860. The first-order valence-electron chi connectivity index (χ1n) is 6.13. The van der Waals surface area contributed by atoms with Crippen molar-refractivity contribution in [1.82, 2.24) is 5.32 Å². The summed E-state index contributed by atoms with van der Waals surface area (Å²) >= 11 is 0. The second kappa shape index (κ2) is 6.02. The summed E-state index contributed by atoms with van der Waals surface area (Å²) in [6.07, 6.45) is 3.41. The Kier molecular flexibility index (Phi) is 4.37. The fourth-order valence-electron chi connectivity index (χ4n) is 2.09. The molecule has 2 heteroatoms. The van der Waals surface area contributed by atoms with E-state index in [2.05, 4.69) is 36.5 Å². The van der Waals surface area contributed by atoms with Crippen molar-refractivity contribution in [3.63, 3.8) is 0 Å². The lowest BCUT2D eigenvalue weighted by Gasteiger charge is -2.22. The molecular formula is C14H20NO. The molecule has 1 aromatic carbocycles. The molecule has 16 heavy (non-hydrogen) atoms. The molecule has 1 radical (unpaired) electrons. The number of ether oxygens (including phenoxy) is 1. The topological polar surface area (TPSA) is 21.3 Å². The maximum atomic E-state index is 5.43. The van der Waals surface area contributed by atoms with Crippen molar-refractivity contribution in [3.8, 4) is 0 Å². The molecule has 0 unspecified atom stereocenters. The Morgan fingerprint density at radius 3 is 2.75 bits per heavy atom. The second-order valence-corrected chi connectivity index (χ2v) is 4.24. The molecule has 1 heterocycles. The van der Waals surface area contributed by atoms with Crippen LogP contribution in [0.5, 0.6) is 0 Å². The zero-order chi connectivity index (χ0) is 11.2. The van der Waals surface area contributed by atoms with E-state index in [4.69, 9.17) is 4.74 Å². The minimum absolute atomic E-state index is 0.786. The van der Waals surface area contributed by atoms with E-state index in [1.807, 2.05) is 0 Å². The third-order valence-corrected chi connectivity index (χ3v) is 3.07. The Morgan fingerprint density at radius 2 is 2.06 bits per heavy atom. The predicted octanol–water partition coefficient (Wildman–Crippen LogP) is 2.68. The first-order valence-corrected chi connectivity index (χ1v) is 6.13. The normalized spacial score (nSPS) is 17.6. The molecule has 1 N–H and O–H groups in total. The zero-order valence-corrected chi connectivity index (χ0v) is 9.96. The van der Waals surface area contributed by atoms with E-state index < -0.39 is 0 Å². The van der Waals surface area contributed by atoms with Crippen LogP contribution in [0.4, 0.5) is 0 Å². The number of aryl methyl sites for hydroxylation is 1. The van der Waals surface area contributed by atoms with Crippen LogP contribution in [0.25, 0.3) is 0 Å². The quantitative estimate of drug-likeness (QED) is 0.839. The number of hydrogen-bond donors (Lipinski definition) is 1. The van der Waals surface area contributed by atoms with Gasteiger partial charge in [-0.05, 0) is 30.4 Å². The van der Waals surface area contributed by atoms with Crippen LogP contribution in [0.1, 0.15) is 30.9 Å². The molecular weight excluding hydrogens is 198 g/mol. The summed E-state index contributed by atoms with van der Waals surface area (Å²) in [5.41, 5.74) is 2.84. The summed E-state index contributed by atoms with van der Waals surface area (Å²) in [4.78, 5) is 0. The van der Waals surface area contributed by atoms with Crippen LogP contribution in [0.2, 0.25) is 0 Å². The Balaban J connectivity index is 1.88. The molecule has 0 spiro atoms.